The molecule has 0 radical (unpaired) electrons. The van der Waals surface area contributed by atoms with E-state index in [1.54, 1.807) is 24.7 Å². The summed E-state index contributed by atoms with van der Waals surface area (Å²) in [5, 5.41) is 10.4. The average Bonchev–Trinajstić information content (AvgIpc) is 3.63. The van der Waals surface area contributed by atoms with Crippen LogP contribution in [0.2, 0.25) is 0 Å². The number of aromatic nitrogens is 7. The van der Waals surface area contributed by atoms with Gasteiger partial charge in [-0.1, -0.05) is 13.3 Å². The van der Waals surface area contributed by atoms with Crippen molar-refractivity contribution in [1.82, 2.24) is 40.0 Å². The molecule has 0 atom stereocenters. The molecule has 0 bridgehead atoms. The number of imidazole rings is 1. The highest BCUT2D eigenvalue weighted by molar-refractivity contribution is 5.95. The maximum atomic E-state index is 14.6. The van der Waals surface area contributed by atoms with Crippen LogP contribution in [0.4, 0.5) is 10.1 Å². The number of nitrogens with one attached hydrogen (secondary N) is 3. The molecule has 1 amide bonds. The minimum Gasteiger partial charge on any atom is -0.492 e. The fourth-order valence-corrected chi connectivity index (χ4v) is 4.85. The summed E-state index contributed by atoms with van der Waals surface area (Å²) in [5.74, 6) is 0.460. The van der Waals surface area contributed by atoms with Crippen LogP contribution in [0.1, 0.15) is 26.2 Å². The summed E-state index contributed by atoms with van der Waals surface area (Å²) >= 11 is 0. The van der Waals surface area contributed by atoms with E-state index in [2.05, 4.69) is 30.5 Å². The van der Waals surface area contributed by atoms with Gasteiger partial charge in [0, 0.05) is 42.6 Å². The van der Waals surface area contributed by atoms with E-state index >= 15 is 0 Å². The first-order valence-corrected chi connectivity index (χ1v) is 14.4. The number of ether oxygens (including phenoxy) is 1. The van der Waals surface area contributed by atoms with E-state index in [9.17, 15) is 9.18 Å². The number of benzene rings is 1. The van der Waals surface area contributed by atoms with Gasteiger partial charge < -0.3 is 19.9 Å². The first-order chi connectivity index (χ1) is 21.4. The number of likely N-dealkylation sites (N-methyl/N-ethyl adjacent to an activating group) is 1. The molecule has 6 rings (SSSR count). The predicted octanol–water partition coefficient (Wildman–Crippen LogP) is 5.83. The predicted molar refractivity (Wildman–Crippen MR) is 168 cm³/mol. The Morgan fingerprint density at radius 2 is 1.95 bits per heavy atom. The van der Waals surface area contributed by atoms with Crippen molar-refractivity contribution in [3.05, 3.63) is 66.9 Å². The minimum absolute atomic E-state index is 0.0458. The molecule has 3 N–H and O–H groups in total. The van der Waals surface area contributed by atoms with Gasteiger partial charge >= 0.3 is 0 Å². The maximum absolute atomic E-state index is 14.6. The third-order valence-corrected chi connectivity index (χ3v) is 7.09. The zero-order valence-electron chi connectivity index (χ0n) is 24.7. The molecule has 0 aliphatic rings. The molecule has 1 aromatic carbocycles. The summed E-state index contributed by atoms with van der Waals surface area (Å²) < 4.78 is 20.4. The first-order valence-electron chi connectivity index (χ1n) is 14.4. The zero-order chi connectivity index (χ0) is 30.6. The molecular formula is C32H32FN9O2. The van der Waals surface area contributed by atoms with E-state index in [-0.39, 0.29) is 5.91 Å². The largest absolute Gasteiger partial charge is 0.492 e. The Kier molecular flexibility index (Phi) is 8.24. The van der Waals surface area contributed by atoms with Crippen LogP contribution in [0.3, 0.4) is 0 Å². The number of rotatable bonds is 11. The Morgan fingerprint density at radius 3 is 2.80 bits per heavy atom. The maximum Gasteiger partial charge on any atom is 0.224 e. The Bertz CT molecular complexity index is 1950. The van der Waals surface area contributed by atoms with Gasteiger partial charge in [-0.05, 0) is 62.5 Å². The van der Waals surface area contributed by atoms with E-state index in [1.807, 2.05) is 50.2 Å². The van der Waals surface area contributed by atoms with Crippen molar-refractivity contribution >= 4 is 33.8 Å². The van der Waals surface area contributed by atoms with Gasteiger partial charge in [0.1, 0.15) is 23.7 Å². The number of pyridine rings is 3. The Balaban J connectivity index is 1.33. The van der Waals surface area contributed by atoms with Gasteiger partial charge in [-0.25, -0.2) is 19.3 Å². The molecule has 6 aromatic rings. The normalized spacial score (nSPS) is 11.5. The molecule has 0 aliphatic carbocycles. The SMILES string of the molecule is CCCCC(=O)Nc1cncc(-c2ccc3[nH]nc(-c4nc5nccc(-c6cc(F)cc(OCCN(C)C)c6)c5[nH]4)c3n2)c1. The van der Waals surface area contributed by atoms with E-state index in [4.69, 9.17) is 14.7 Å². The summed E-state index contributed by atoms with van der Waals surface area (Å²) in [6.07, 6.45) is 7.19. The lowest BCUT2D eigenvalue weighted by Crippen LogP contribution is -2.19. The molecule has 0 saturated heterocycles. The molecule has 5 heterocycles. The Hall–Kier alpha value is -5.23. The van der Waals surface area contributed by atoms with Crippen molar-refractivity contribution in [3.63, 3.8) is 0 Å². The molecular weight excluding hydrogens is 561 g/mol. The fourth-order valence-electron chi connectivity index (χ4n) is 4.85. The second kappa shape index (κ2) is 12.6. The number of unbranched alkanes of at least 4 members (excludes halogenated alkanes) is 1. The van der Waals surface area contributed by atoms with Crippen molar-refractivity contribution in [1.29, 1.82) is 0 Å². The van der Waals surface area contributed by atoms with Crippen molar-refractivity contribution in [2.24, 2.45) is 0 Å². The van der Waals surface area contributed by atoms with Crippen LogP contribution in [-0.2, 0) is 4.79 Å². The number of aromatic amines is 2. The van der Waals surface area contributed by atoms with Gasteiger partial charge in [0.05, 0.1) is 28.6 Å². The Labute approximate surface area is 252 Å². The highest BCUT2D eigenvalue weighted by atomic mass is 19.1. The van der Waals surface area contributed by atoms with Crippen molar-refractivity contribution < 1.29 is 13.9 Å². The molecule has 11 nitrogen and oxygen atoms in total. The summed E-state index contributed by atoms with van der Waals surface area (Å²) in [5.41, 5.74) is 6.30. The lowest BCUT2D eigenvalue weighted by atomic mass is 10.1. The zero-order valence-corrected chi connectivity index (χ0v) is 24.7. The number of H-pyrrole nitrogens is 2. The van der Waals surface area contributed by atoms with Crippen molar-refractivity contribution in [3.8, 4) is 39.7 Å². The second-order valence-corrected chi connectivity index (χ2v) is 10.7. The standard InChI is InChI=1S/C32H32FN9O2/c1-4-5-6-27(43)36-22-14-20(17-34-18-22)25-7-8-26-29(37-25)30(41-40-26)32-38-28-24(9-10-35-31(28)39-32)19-13-21(33)16-23(15-19)44-12-11-42(2)3/h7-10,13-18H,4-6,11-12H2,1-3H3,(H,36,43)(H,40,41)(H,35,38,39). The third-order valence-electron chi connectivity index (χ3n) is 7.09. The van der Waals surface area contributed by atoms with Crippen molar-refractivity contribution in [2.75, 3.05) is 32.6 Å². The van der Waals surface area contributed by atoms with E-state index < -0.39 is 5.82 Å². The van der Waals surface area contributed by atoms with Crippen LogP contribution in [0.25, 0.3) is 56.1 Å². The van der Waals surface area contributed by atoms with Crippen LogP contribution in [0.15, 0.2) is 61.1 Å². The van der Waals surface area contributed by atoms with Crippen LogP contribution >= 0.6 is 0 Å². The molecule has 12 heteroatoms. The summed E-state index contributed by atoms with van der Waals surface area (Å²) in [6.45, 7) is 3.19. The third kappa shape index (κ3) is 6.25. The summed E-state index contributed by atoms with van der Waals surface area (Å²) in [7, 11) is 3.91. The van der Waals surface area contributed by atoms with E-state index in [1.165, 1.54) is 12.1 Å². The summed E-state index contributed by atoms with van der Waals surface area (Å²) in [4.78, 5) is 35.9. The minimum atomic E-state index is -0.402. The molecule has 0 spiro atoms. The lowest BCUT2D eigenvalue weighted by molar-refractivity contribution is -0.116. The molecule has 224 valence electrons. The number of hydrogen-bond acceptors (Lipinski definition) is 8. The van der Waals surface area contributed by atoms with Gasteiger partial charge in [-0.15, -0.1) is 0 Å². The van der Waals surface area contributed by atoms with Crippen LogP contribution in [0, 0.1) is 5.82 Å². The Morgan fingerprint density at radius 1 is 1.07 bits per heavy atom. The van der Waals surface area contributed by atoms with Gasteiger partial charge in [-0.2, -0.15) is 5.10 Å². The van der Waals surface area contributed by atoms with E-state index in [0.29, 0.717) is 70.5 Å². The number of amides is 1. The molecule has 44 heavy (non-hydrogen) atoms. The monoisotopic (exact) mass is 593 g/mol. The van der Waals surface area contributed by atoms with Crippen molar-refractivity contribution in [2.45, 2.75) is 26.2 Å². The first kappa shape index (κ1) is 28.9. The quantitative estimate of drug-likeness (QED) is 0.171. The number of halogens is 1. The number of hydrogen-bond donors (Lipinski definition) is 3. The smallest absolute Gasteiger partial charge is 0.224 e. The summed E-state index contributed by atoms with van der Waals surface area (Å²) in [6, 6.07) is 12.0. The highest BCUT2D eigenvalue weighted by Gasteiger charge is 2.18. The molecule has 5 aromatic heterocycles. The number of nitrogens with zero attached hydrogens (tertiary/aromatic N) is 6. The lowest BCUT2D eigenvalue weighted by Gasteiger charge is -2.12. The molecule has 0 saturated carbocycles. The molecule has 0 aliphatic heterocycles. The van der Waals surface area contributed by atoms with E-state index in [0.717, 1.165) is 29.5 Å². The van der Waals surface area contributed by atoms with Crippen LogP contribution in [-0.4, -0.2) is 73.2 Å². The molecule has 0 unspecified atom stereocenters. The van der Waals surface area contributed by atoms with Gasteiger partial charge in [-0.3, -0.25) is 14.9 Å². The number of anilines is 1. The topological polar surface area (TPSA) is 138 Å². The van der Waals surface area contributed by atoms with Gasteiger partial charge in [0.2, 0.25) is 5.91 Å². The fraction of sp³-hybridized carbons (Fsp3) is 0.250. The van der Waals surface area contributed by atoms with Gasteiger partial charge in [0.25, 0.3) is 0 Å². The second-order valence-electron chi connectivity index (χ2n) is 10.7. The number of fused-ring (bicyclic) bond motifs is 2. The average molecular weight is 594 g/mol. The van der Waals surface area contributed by atoms with Crippen LogP contribution in [0.5, 0.6) is 5.75 Å². The highest BCUT2D eigenvalue weighted by Crippen LogP contribution is 2.33. The number of carbonyl (C=O) groups excluding carboxylic acids is 1. The molecule has 0 fully saturated rings. The van der Waals surface area contributed by atoms with Gasteiger partial charge in [0.15, 0.2) is 17.2 Å². The number of carbonyl (C=O) groups is 1. The van der Waals surface area contributed by atoms with Crippen LogP contribution < -0.4 is 10.1 Å².